The lowest BCUT2D eigenvalue weighted by Gasteiger charge is -2.13. The van der Waals surface area contributed by atoms with Gasteiger partial charge in [0.15, 0.2) is 0 Å². The number of H-pyrrole nitrogens is 1. The van der Waals surface area contributed by atoms with Crippen LogP contribution in [-0.4, -0.2) is 41.1 Å². The van der Waals surface area contributed by atoms with Crippen LogP contribution < -0.4 is 5.32 Å². The molecule has 10 heteroatoms. The number of thiazole rings is 1. The number of nitrogens with one attached hydrogen (secondary N) is 2. The molecule has 9 nitrogen and oxygen atoms in total. The first-order chi connectivity index (χ1) is 13.8. The topological polar surface area (TPSA) is 114 Å². The fraction of sp³-hybridized carbons (Fsp3) is 0.263. The molecule has 148 valence electrons. The molecule has 0 aliphatic rings. The average Bonchev–Trinajstić information content (AvgIpc) is 3.42. The molecule has 4 heterocycles. The Morgan fingerprint density at radius 3 is 2.76 bits per heavy atom. The van der Waals surface area contributed by atoms with Crippen molar-refractivity contribution in [1.82, 2.24) is 35.2 Å². The summed E-state index contributed by atoms with van der Waals surface area (Å²) in [5.74, 6) is 0.251. The Morgan fingerprint density at radius 2 is 2.07 bits per heavy atom. The van der Waals surface area contributed by atoms with E-state index in [1.165, 1.54) is 17.5 Å². The van der Waals surface area contributed by atoms with Gasteiger partial charge in [-0.3, -0.25) is 19.9 Å². The van der Waals surface area contributed by atoms with Gasteiger partial charge in [-0.1, -0.05) is 26.0 Å². The Morgan fingerprint density at radius 1 is 1.24 bits per heavy atom. The molecule has 0 saturated heterocycles. The van der Waals surface area contributed by atoms with Crippen LogP contribution in [0.15, 0.2) is 36.2 Å². The zero-order valence-electron chi connectivity index (χ0n) is 16.5. The second-order valence-electron chi connectivity index (χ2n) is 7.61. The van der Waals surface area contributed by atoms with E-state index in [1.807, 2.05) is 13.0 Å². The van der Waals surface area contributed by atoms with E-state index < -0.39 is 0 Å². The van der Waals surface area contributed by atoms with Crippen molar-refractivity contribution in [3.8, 4) is 16.3 Å². The Kier molecular flexibility index (Phi) is 4.71. The molecule has 4 rings (SSSR count). The van der Waals surface area contributed by atoms with Crippen molar-refractivity contribution in [3.05, 3.63) is 53.2 Å². The molecule has 0 fully saturated rings. The summed E-state index contributed by atoms with van der Waals surface area (Å²) in [6.07, 6.45) is 5.07. The number of pyridine rings is 1. The van der Waals surface area contributed by atoms with E-state index in [2.05, 4.69) is 56.6 Å². The third-order valence-electron chi connectivity index (χ3n) is 4.34. The van der Waals surface area contributed by atoms with E-state index in [4.69, 9.17) is 0 Å². The van der Waals surface area contributed by atoms with Crippen LogP contribution in [0.1, 0.15) is 42.5 Å². The number of aryl methyl sites for hydroxylation is 1. The van der Waals surface area contributed by atoms with E-state index in [1.54, 1.807) is 28.7 Å². The highest BCUT2D eigenvalue weighted by Gasteiger charge is 2.19. The molecule has 0 saturated carbocycles. The van der Waals surface area contributed by atoms with Gasteiger partial charge >= 0.3 is 0 Å². The van der Waals surface area contributed by atoms with Crippen LogP contribution in [0.5, 0.6) is 0 Å². The Labute approximate surface area is 171 Å². The molecule has 1 amide bonds. The summed E-state index contributed by atoms with van der Waals surface area (Å²) < 4.78 is 1.61. The molecule has 0 aliphatic carbocycles. The highest BCUT2D eigenvalue weighted by Crippen LogP contribution is 2.24. The molecular weight excluding hydrogens is 388 g/mol. The van der Waals surface area contributed by atoms with Crippen LogP contribution in [0.2, 0.25) is 0 Å². The van der Waals surface area contributed by atoms with Crippen molar-refractivity contribution in [2.45, 2.75) is 33.1 Å². The number of amides is 1. The Balaban J connectivity index is 1.58. The molecule has 4 aromatic heterocycles. The summed E-state index contributed by atoms with van der Waals surface area (Å²) >= 11 is 1.49. The molecule has 0 aromatic carbocycles. The summed E-state index contributed by atoms with van der Waals surface area (Å²) in [6.45, 7) is 8.03. The number of nitrogens with zero attached hydrogens (tertiary/aromatic N) is 6. The number of carbonyl (C=O) groups excluding carboxylic acids is 1. The van der Waals surface area contributed by atoms with Gasteiger partial charge in [0.05, 0.1) is 39.2 Å². The fourth-order valence-electron chi connectivity index (χ4n) is 2.68. The van der Waals surface area contributed by atoms with Gasteiger partial charge in [0, 0.05) is 23.9 Å². The second-order valence-corrected chi connectivity index (χ2v) is 8.50. The quantitative estimate of drug-likeness (QED) is 0.535. The second kappa shape index (κ2) is 7.21. The minimum Gasteiger partial charge on any atom is -0.307 e. The lowest BCUT2D eigenvalue weighted by Crippen LogP contribution is -2.14. The molecular formula is C19H20N8OS. The summed E-state index contributed by atoms with van der Waals surface area (Å²) in [6, 6.07) is 3.57. The number of hydrogen-bond acceptors (Lipinski definition) is 7. The number of aromatic amines is 1. The van der Waals surface area contributed by atoms with Crippen molar-refractivity contribution in [1.29, 1.82) is 0 Å². The fourth-order valence-corrected chi connectivity index (χ4v) is 3.25. The standard InChI is InChI=1S/C19H20N8OS/c1-11-14(27-9-13(23-26-27)15-8-20-10-29-15)5-12(7-21-11)18(28)22-17-6-16(24-25-17)19(2,3)4/h5-10H,1-4H3,(H2,22,24,25,28). The molecule has 0 radical (unpaired) electrons. The maximum absolute atomic E-state index is 12.7. The van der Waals surface area contributed by atoms with E-state index >= 15 is 0 Å². The third kappa shape index (κ3) is 3.92. The first-order valence-electron chi connectivity index (χ1n) is 8.97. The normalized spacial score (nSPS) is 11.6. The van der Waals surface area contributed by atoms with Crippen molar-refractivity contribution in [2.75, 3.05) is 5.32 Å². The largest absolute Gasteiger partial charge is 0.307 e. The van der Waals surface area contributed by atoms with Crippen LogP contribution >= 0.6 is 11.3 Å². The maximum atomic E-state index is 12.7. The van der Waals surface area contributed by atoms with Crippen LogP contribution in [-0.2, 0) is 5.41 Å². The van der Waals surface area contributed by atoms with Crippen LogP contribution in [0.4, 0.5) is 5.82 Å². The highest BCUT2D eigenvalue weighted by molar-refractivity contribution is 7.13. The molecule has 29 heavy (non-hydrogen) atoms. The Hall–Kier alpha value is -3.40. The number of aromatic nitrogens is 7. The minimum absolute atomic E-state index is 0.110. The van der Waals surface area contributed by atoms with Crippen molar-refractivity contribution < 1.29 is 4.79 Å². The lowest BCUT2D eigenvalue weighted by atomic mass is 9.92. The van der Waals surface area contributed by atoms with Gasteiger partial charge < -0.3 is 5.32 Å². The van der Waals surface area contributed by atoms with Gasteiger partial charge in [-0.25, -0.2) is 4.68 Å². The van der Waals surface area contributed by atoms with Crippen LogP contribution in [0.3, 0.4) is 0 Å². The molecule has 2 N–H and O–H groups in total. The zero-order chi connectivity index (χ0) is 20.6. The van der Waals surface area contributed by atoms with E-state index in [9.17, 15) is 4.79 Å². The van der Waals surface area contributed by atoms with Gasteiger partial charge in [0.25, 0.3) is 5.91 Å². The van der Waals surface area contributed by atoms with Gasteiger partial charge in [0.2, 0.25) is 0 Å². The molecule has 0 spiro atoms. The van der Waals surface area contributed by atoms with Gasteiger partial charge in [-0.2, -0.15) is 5.10 Å². The number of carbonyl (C=O) groups is 1. The van der Waals surface area contributed by atoms with Gasteiger partial charge in [-0.15, -0.1) is 16.4 Å². The summed E-state index contributed by atoms with van der Waals surface area (Å²) in [4.78, 5) is 22.0. The molecule has 0 unspecified atom stereocenters. The van der Waals surface area contributed by atoms with Gasteiger partial charge in [0.1, 0.15) is 11.5 Å². The Bertz CT molecular complexity index is 1150. The lowest BCUT2D eigenvalue weighted by molar-refractivity contribution is 0.102. The smallest absolute Gasteiger partial charge is 0.258 e. The van der Waals surface area contributed by atoms with E-state index in [-0.39, 0.29) is 11.3 Å². The van der Waals surface area contributed by atoms with E-state index in [0.29, 0.717) is 22.8 Å². The summed E-state index contributed by atoms with van der Waals surface area (Å²) in [5, 5.41) is 18.3. The first kappa shape index (κ1) is 18.9. The molecule has 0 bridgehead atoms. The number of anilines is 1. The predicted molar refractivity (Wildman–Crippen MR) is 110 cm³/mol. The van der Waals surface area contributed by atoms with Crippen molar-refractivity contribution in [3.63, 3.8) is 0 Å². The van der Waals surface area contributed by atoms with Crippen molar-refractivity contribution >= 4 is 23.1 Å². The summed E-state index contributed by atoms with van der Waals surface area (Å²) in [5.41, 5.74) is 5.04. The first-order valence-corrected chi connectivity index (χ1v) is 9.85. The molecule has 0 atom stereocenters. The predicted octanol–water partition coefficient (Wildman–Crippen LogP) is 3.37. The number of rotatable bonds is 4. The maximum Gasteiger partial charge on any atom is 0.258 e. The summed E-state index contributed by atoms with van der Waals surface area (Å²) in [7, 11) is 0. The van der Waals surface area contributed by atoms with E-state index in [0.717, 1.165) is 16.3 Å². The zero-order valence-corrected chi connectivity index (χ0v) is 17.3. The van der Waals surface area contributed by atoms with Crippen molar-refractivity contribution in [2.24, 2.45) is 0 Å². The van der Waals surface area contributed by atoms with Gasteiger partial charge in [-0.05, 0) is 13.0 Å². The average molecular weight is 408 g/mol. The molecule has 4 aromatic rings. The van der Waals surface area contributed by atoms with Crippen LogP contribution in [0, 0.1) is 6.92 Å². The third-order valence-corrected chi connectivity index (χ3v) is 5.14. The monoisotopic (exact) mass is 408 g/mol. The van der Waals surface area contributed by atoms with Crippen LogP contribution in [0.25, 0.3) is 16.3 Å². The number of hydrogen-bond donors (Lipinski definition) is 2. The minimum atomic E-state index is -0.286. The highest BCUT2D eigenvalue weighted by atomic mass is 32.1. The SMILES string of the molecule is Cc1ncc(C(=O)Nc2cc(C(C)(C)C)n[nH]2)cc1-n1cc(-c2cncs2)nn1. The molecule has 0 aliphatic heterocycles.